The summed E-state index contributed by atoms with van der Waals surface area (Å²) in [6, 6.07) is 6.25. The van der Waals surface area contributed by atoms with Gasteiger partial charge >= 0.3 is 0 Å². The molecule has 2 nitrogen and oxygen atoms in total. The molecule has 1 aromatic heterocycles. The molecule has 0 bridgehead atoms. The first-order chi connectivity index (χ1) is 5.43. The SMILES string of the molecule is CC#CCOc1c[c]ccn1. The van der Waals surface area contributed by atoms with Gasteiger partial charge in [-0.1, -0.05) is 5.92 Å². The van der Waals surface area contributed by atoms with Crippen LogP contribution in [0.5, 0.6) is 5.88 Å². The third-order valence-corrected chi connectivity index (χ3v) is 1.05. The molecule has 0 amide bonds. The largest absolute Gasteiger partial charge is 0.464 e. The van der Waals surface area contributed by atoms with Crippen molar-refractivity contribution in [3.05, 3.63) is 24.4 Å². The van der Waals surface area contributed by atoms with Crippen molar-refractivity contribution in [2.24, 2.45) is 0 Å². The van der Waals surface area contributed by atoms with Crippen molar-refractivity contribution >= 4 is 0 Å². The smallest absolute Gasteiger partial charge is 0.214 e. The average molecular weight is 146 g/mol. The fourth-order valence-electron chi connectivity index (χ4n) is 0.572. The van der Waals surface area contributed by atoms with E-state index in [1.807, 2.05) is 0 Å². The molecule has 2 heteroatoms. The Bertz CT molecular complexity index is 258. The van der Waals surface area contributed by atoms with Crippen molar-refractivity contribution in [2.45, 2.75) is 6.92 Å². The highest BCUT2D eigenvalue weighted by Gasteiger charge is 1.87. The number of rotatable bonds is 2. The summed E-state index contributed by atoms with van der Waals surface area (Å²) in [4.78, 5) is 3.93. The second-order valence-electron chi connectivity index (χ2n) is 1.81. The summed E-state index contributed by atoms with van der Waals surface area (Å²) in [5.74, 6) is 6.06. The standard InChI is InChI=1S/C9H8NO/c1-2-3-8-11-9-6-4-5-7-10-9/h5-7H,8H2,1H3. The van der Waals surface area contributed by atoms with Crippen LogP contribution in [-0.2, 0) is 0 Å². The van der Waals surface area contributed by atoms with E-state index in [2.05, 4.69) is 22.9 Å². The quantitative estimate of drug-likeness (QED) is 0.586. The summed E-state index contributed by atoms with van der Waals surface area (Å²) in [5.41, 5.74) is 0. The molecule has 1 aromatic rings. The molecule has 0 fully saturated rings. The molecule has 1 heterocycles. The zero-order chi connectivity index (χ0) is 7.94. The lowest BCUT2D eigenvalue weighted by Gasteiger charge is -1.97. The van der Waals surface area contributed by atoms with E-state index < -0.39 is 0 Å². The van der Waals surface area contributed by atoms with Gasteiger partial charge in [-0.05, 0) is 19.1 Å². The van der Waals surface area contributed by atoms with Crippen LogP contribution in [0.25, 0.3) is 0 Å². The average Bonchev–Trinajstić information content (AvgIpc) is 2.07. The Morgan fingerprint density at radius 1 is 1.73 bits per heavy atom. The van der Waals surface area contributed by atoms with E-state index in [-0.39, 0.29) is 0 Å². The molecule has 0 saturated carbocycles. The maximum absolute atomic E-state index is 5.13. The van der Waals surface area contributed by atoms with E-state index in [9.17, 15) is 0 Å². The molecule has 0 spiro atoms. The molecule has 0 saturated heterocycles. The van der Waals surface area contributed by atoms with Gasteiger partial charge in [0.25, 0.3) is 0 Å². The van der Waals surface area contributed by atoms with E-state index in [0.717, 1.165) is 0 Å². The van der Waals surface area contributed by atoms with Crippen LogP contribution >= 0.6 is 0 Å². The Morgan fingerprint density at radius 3 is 3.27 bits per heavy atom. The van der Waals surface area contributed by atoms with Crippen LogP contribution in [0.2, 0.25) is 0 Å². The van der Waals surface area contributed by atoms with Gasteiger partial charge in [0.05, 0.1) is 0 Å². The highest BCUT2D eigenvalue weighted by molar-refractivity contribution is 5.09. The zero-order valence-electron chi connectivity index (χ0n) is 6.29. The first kappa shape index (κ1) is 7.62. The third-order valence-electron chi connectivity index (χ3n) is 1.05. The van der Waals surface area contributed by atoms with Crippen molar-refractivity contribution in [1.29, 1.82) is 0 Å². The minimum Gasteiger partial charge on any atom is -0.464 e. The highest BCUT2D eigenvalue weighted by atomic mass is 16.5. The number of pyridine rings is 1. The molecule has 0 N–H and O–H groups in total. The predicted molar refractivity (Wildman–Crippen MR) is 42.0 cm³/mol. The van der Waals surface area contributed by atoms with Gasteiger partial charge < -0.3 is 4.74 Å². The van der Waals surface area contributed by atoms with Crippen LogP contribution in [-0.4, -0.2) is 11.6 Å². The van der Waals surface area contributed by atoms with Gasteiger partial charge in [-0.2, -0.15) is 0 Å². The normalized spacial score (nSPS) is 8.09. The van der Waals surface area contributed by atoms with Crippen LogP contribution in [0.1, 0.15) is 6.92 Å². The summed E-state index contributed by atoms with van der Waals surface area (Å²) < 4.78 is 5.13. The third kappa shape index (κ3) is 2.72. The van der Waals surface area contributed by atoms with Crippen LogP contribution in [0.3, 0.4) is 0 Å². The molecule has 0 atom stereocenters. The molecule has 55 valence electrons. The lowest BCUT2D eigenvalue weighted by molar-refractivity contribution is 0.355. The van der Waals surface area contributed by atoms with E-state index in [0.29, 0.717) is 12.5 Å². The maximum Gasteiger partial charge on any atom is 0.214 e. The van der Waals surface area contributed by atoms with Gasteiger partial charge in [0.2, 0.25) is 5.88 Å². The summed E-state index contributed by atoms with van der Waals surface area (Å²) >= 11 is 0. The first-order valence-electron chi connectivity index (χ1n) is 3.28. The number of aromatic nitrogens is 1. The molecule has 0 aromatic carbocycles. The minimum atomic E-state index is 0.390. The van der Waals surface area contributed by atoms with Gasteiger partial charge in [-0.15, -0.1) is 5.92 Å². The number of nitrogens with zero attached hydrogens (tertiary/aromatic N) is 1. The van der Waals surface area contributed by atoms with Crippen molar-refractivity contribution in [3.63, 3.8) is 0 Å². The number of hydrogen-bond acceptors (Lipinski definition) is 2. The second-order valence-corrected chi connectivity index (χ2v) is 1.81. The summed E-state index contributed by atoms with van der Waals surface area (Å²) in [5, 5.41) is 0. The minimum absolute atomic E-state index is 0.390. The summed E-state index contributed by atoms with van der Waals surface area (Å²) in [6.07, 6.45) is 1.63. The van der Waals surface area contributed by atoms with E-state index in [4.69, 9.17) is 4.74 Å². The van der Waals surface area contributed by atoms with Crippen LogP contribution in [0.4, 0.5) is 0 Å². The molecular weight excluding hydrogens is 138 g/mol. The van der Waals surface area contributed by atoms with Gasteiger partial charge in [-0.25, -0.2) is 4.98 Å². The Balaban J connectivity index is 2.43. The highest BCUT2D eigenvalue weighted by Crippen LogP contribution is 2.00. The lowest BCUT2D eigenvalue weighted by atomic mass is 10.5. The van der Waals surface area contributed by atoms with Crippen LogP contribution in [0.15, 0.2) is 18.3 Å². The molecule has 1 radical (unpaired) electrons. The van der Waals surface area contributed by atoms with Gasteiger partial charge in [0, 0.05) is 12.3 Å². The number of hydrogen-bond donors (Lipinski definition) is 0. The Morgan fingerprint density at radius 2 is 2.64 bits per heavy atom. The molecule has 1 rings (SSSR count). The van der Waals surface area contributed by atoms with E-state index in [1.54, 1.807) is 25.3 Å². The first-order valence-corrected chi connectivity index (χ1v) is 3.28. The van der Waals surface area contributed by atoms with Gasteiger partial charge in [-0.3, -0.25) is 0 Å². The second kappa shape index (κ2) is 4.35. The van der Waals surface area contributed by atoms with Crippen molar-refractivity contribution in [2.75, 3.05) is 6.61 Å². The van der Waals surface area contributed by atoms with Crippen molar-refractivity contribution in [3.8, 4) is 17.7 Å². The van der Waals surface area contributed by atoms with Crippen LogP contribution < -0.4 is 4.74 Å². The van der Waals surface area contributed by atoms with Gasteiger partial charge in [0.1, 0.15) is 0 Å². The Hall–Kier alpha value is -1.49. The molecule has 0 unspecified atom stereocenters. The van der Waals surface area contributed by atoms with Gasteiger partial charge in [0.15, 0.2) is 6.61 Å². The maximum atomic E-state index is 5.13. The van der Waals surface area contributed by atoms with Crippen molar-refractivity contribution < 1.29 is 4.74 Å². The van der Waals surface area contributed by atoms with E-state index >= 15 is 0 Å². The molecule has 0 aliphatic rings. The molecule has 0 aliphatic carbocycles. The summed E-state index contributed by atoms with van der Waals surface area (Å²) in [7, 11) is 0. The fraction of sp³-hybridized carbons (Fsp3) is 0.222. The Labute approximate surface area is 66.2 Å². The fourth-order valence-corrected chi connectivity index (χ4v) is 0.572. The van der Waals surface area contributed by atoms with Crippen LogP contribution in [0, 0.1) is 17.9 Å². The van der Waals surface area contributed by atoms with E-state index in [1.165, 1.54) is 0 Å². The molecule has 0 aliphatic heterocycles. The Kier molecular flexibility index (Phi) is 3.01. The zero-order valence-corrected chi connectivity index (χ0v) is 6.29. The topological polar surface area (TPSA) is 22.1 Å². The molecular formula is C9H8NO. The lowest BCUT2D eigenvalue weighted by Crippen LogP contribution is -1.94. The summed E-state index contributed by atoms with van der Waals surface area (Å²) in [6.45, 7) is 2.16. The number of ether oxygens (including phenoxy) is 1. The molecule has 11 heavy (non-hydrogen) atoms. The monoisotopic (exact) mass is 146 g/mol. The van der Waals surface area contributed by atoms with Crippen molar-refractivity contribution in [1.82, 2.24) is 4.98 Å². The predicted octanol–water partition coefficient (Wildman–Crippen LogP) is 1.28.